The fraction of sp³-hybridized carbons (Fsp3) is 0.0714. The smallest absolute Gasteiger partial charge is 0.321 e. The molecule has 3 rings (SSSR count). The number of nitrogens with zero attached hydrogens (tertiary/aromatic N) is 2. The van der Waals surface area contributed by atoms with Gasteiger partial charge in [0.25, 0.3) is 5.56 Å². The fourth-order valence-corrected chi connectivity index (χ4v) is 2.16. The van der Waals surface area contributed by atoms with Gasteiger partial charge in [0.1, 0.15) is 5.69 Å². The Morgan fingerprint density at radius 2 is 1.85 bits per heavy atom. The van der Waals surface area contributed by atoms with Crippen molar-refractivity contribution in [2.75, 3.05) is 0 Å². The number of nitrogens with one attached hydrogen (secondary N) is 1. The third-order valence-corrected chi connectivity index (χ3v) is 3.19. The lowest BCUT2D eigenvalue weighted by atomic mass is 10.2. The van der Waals surface area contributed by atoms with Gasteiger partial charge in [-0.05, 0) is 19.1 Å². The van der Waals surface area contributed by atoms with Crippen molar-refractivity contribution in [1.82, 2.24) is 14.0 Å². The van der Waals surface area contributed by atoms with Gasteiger partial charge >= 0.3 is 5.69 Å². The van der Waals surface area contributed by atoms with Crippen LogP contribution in [0.1, 0.15) is 5.56 Å². The zero-order valence-corrected chi connectivity index (χ0v) is 10.7. The number of aromatic amines is 1. The van der Waals surface area contributed by atoms with Gasteiger partial charge in [-0.2, -0.15) is 0 Å². The van der Waals surface area contributed by atoms with Crippen LogP contribution in [0.5, 0.6) is 0 Å². The Bertz CT molecular complexity index is 979. The summed E-state index contributed by atoms with van der Waals surface area (Å²) in [6.45, 7) is 1.71. The lowest BCUT2D eigenvalue weighted by molar-refractivity contribution is 0.877. The van der Waals surface area contributed by atoms with E-state index in [1.165, 1.54) is 12.3 Å². The lowest BCUT2D eigenvalue weighted by Gasteiger charge is -2.09. The normalized spacial score (nSPS) is 10.8. The average Bonchev–Trinajstić information content (AvgIpc) is 2.43. The minimum atomic E-state index is -0.634. The summed E-state index contributed by atoms with van der Waals surface area (Å²) in [5.74, 6) is 0. The van der Waals surface area contributed by atoms with Crippen molar-refractivity contribution in [3.05, 3.63) is 79.5 Å². The molecule has 0 aliphatic carbocycles. The van der Waals surface area contributed by atoms with E-state index in [4.69, 9.17) is 0 Å². The Morgan fingerprint density at radius 3 is 2.60 bits per heavy atom. The maximum absolute atomic E-state index is 12.4. The first-order chi connectivity index (χ1) is 9.58. The van der Waals surface area contributed by atoms with E-state index in [2.05, 4.69) is 4.98 Å². The van der Waals surface area contributed by atoms with Crippen molar-refractivity contribution in [2.24, 2.45) is 0 Å². The van der Waals surface area contributed by atoms with E-state index in [0.29, 0.717) is 5.56 Å². The van der Waals surface area contributed by atoms with E-state index in [9.17, 15) is 14.4 Å². The topological polar surface area (TPSA) is 76.3 Å². The van der Waals surface area contributed by atoms with Crippen LogP contribution in [-0.2, 0) is 0 Å². The van der Waals surface area contributed by atoms with Gasteiger partial charge in [0, 0.05) is 30.2 Å². The molecule has 3 aromatic heterocycles. The highest BCUT2D eigenvalue weighted by Crippen LogP contribution is 2.09. The summed E-state index contributed by atoms with van der Waals surface area (Å²) in [7, 11) is 0. The number of pyridine rings is 2. The summed E-state index contributed by atoms with van der Waals surface area (Å²) in [6.07, 6.45) is 4.67. The second-order valence-corrected chi connectivity index (χ2v) is 4.44. The minimum Gasteiger partial charge on any atom is -0.321 e. The summed E-state index contributed by atoms with van der Waals surface area (Å²) >= 11 is 0. The number of aryl methyl sites for hydroxylation is 1. The molecule has 0 bridgehead atoms. The molecule has 100 valence electrons. The molecule has 20 heavy (non-hydrogen) atoms. The minimum absolute atomic E-state index is 0.201. The van der Waals surface area contributed by atoms with Crippen LogP contribution < -0.4 is 16.7 Å². The Balaban J connectivity index is 2.43. The zero-order chi connectivity index (χ0) is 14.3. The third-order valence-electron chi connectivity index (χ3n) is 3.19. The Labute approximate surface area is 112 Å². The molecule has 0 aromatic carbocycles. The first-order valence-electron chi connectivity index (χ1n) is 6.01. The van der Waals surface area contributed by atoms with Crippen LogP contribution in [0.3, 0.4) is 0 Å². The van der Waals surface area contributed by atoms with E-state index < -0.39 is 11.2 Å². The van der Waals surface area contributed by atoms with Crippen LogP contribution in [0.4, 0.5) is 0 Å². The van der Waals surface area contributed by atoms with Crippen LogP contribution >= 0.6 is 0 Å². The van der Waals surface area contributed by atoms with Gasteiger partial charge in [-0.15, -0.1) is 0 Å². The first-order valence-corrected chi connectivity index (χ1v) is 6.01. The number of fused-ring (bicyclic) bond motifs is 1. The standard InChI is InChI=1S/C14H11N3O3/c1-9-10-4-2-3-6-16(10)8-11(13(9)19)17-7-5-12(18)15-14(17)20/h2-8H,1H3,(H,15,18,20). The summed E-state index contributed by atoms with van der Waals surface area (Å²) in [4.78, 5) is 37.4. The Morgan fingerprint density at radius 1 is 1.05 bits per heavy atom. The molecule has 3 heterocycles. The number of aromatic nitrogens is 3. The summed E-state index contributed by atoms with van der Waals surface area (Å²) < 4.78 is 2.90. The van der Waals surface area contributed by atoms with Gasteiger partial charge < -0.3 is 4.40 Å². The van der Waals surface area contributed by atoms with Gasteiger partial charge in [0.2, 0.25) is 5.43 Å². The molecule has 6 heteroatoms. The van der Waals surface area contributed by atoms with Crippen molar-refractivity contribution in [3.63, 3.8) is 0 Å². The largest absolute Gasteiger partial charge is 0.333 e. The van der Waals surface area contributed by atoms with Crippen molar-refractivity contribution in [1.29, 1.82) is 0 Å². The zero-order valence-electron chi connectivity index (χ0n) is 10.7. The van der Waals surface area contributed by atoms with Crippen LogP contribution in [0.25, 0.3) is 11.2 Å². The lowest BCUT2D eigenvalue weighted by Crippen LogP contribution is -2.31. The number of hydrogen-bond acceptors (Lipinski definition) is 3. The van der Waals surface area contributed by atoms with Crippen LogP contribution in [0, 0.1) is 6.92 Å². The highest BCUT2D eigenvalue weighted by Gasteiger charge is 2.10. The molecule has 0 atom stereocenters. The molecule has 0 saturated carbocycles. The van der Waals surface area contributed by atoms with Crippen LogP contribution in [0.2, 0.25) is 0 Å². The molecule has 0 saturated heterocycles. The van der Waals surface area contributed by atoms with Gasteiger partial charge in [-0.25, -0.2) is 4.79 Å². The van der Waals surface area contributed by atoms with Gasteiger partial charge in [0.15, 0.2) is 0 Å². The van der Waals surface area contributed by atoms with E-state index in [-0.39, 0.29) is 11.1 Å². The third kappa shape index (κ3) is 1.78. The molecule has 0 aliphatic heterocycles. The van der Waals surface area contributed by atoms with Crippen molar-refractivity contribution < 1.29 is 0 Å². The molecule has 0 unspecified atom stereocenters. The molecule has 3 aromatic rings. The van der Waals surface area contributed by atoms with Crippen LogP contribution in [0.15, 0.2) is 57.2 Å². The first kappa shape index (κ1) is 12.2. The quantitative estimate of drug-likeness (QED) is 0.696. The molecule has 0 amide bonds. The highest BCUT2D eigenvalue weighted by atomic mass is 16.2. The number of H-pyrrole nitrogens is 1. The van der Waals surface area contributed by atoms with E-state index in [1.54, 1.807) is 23.7 Å². The Hall–Kier alpha value is -2.89. The van der Waals surface area contributed by atoms with Crippen molar-refractivity contribution in [2.45, 2.75) is 6.92 Å². The molecular formula is C14H11N3O3. The number of hydrogen-bond donors (Lipinski definition) is 1. The maximum Gasteiger partial charge on any atom is 0.333 e. The second kappa shape index (κ2) is 4.34. The summed E-state index contributed by atoms with van der Waals surface area (Å²) in [6, 6.07) is 6.70. The molecule has 0 spiro atoms. The predicted octanol–water partition coefficient (Wildman–Crippen LogP) is 0.447. The average molecular weight is 269 g/mol. The molecule has 1 N–H and O–H groups in total. The van der Waals surface area contributed by atoms with Crippen LogP contribution in [-0.4, -0.2) is 14.0 Å². The van der Waals surface area contributed by atoms with Crippen molar-refractivity contribution >= 4 is 5.52 Å². The number of rotatable bonds is 1. The predicted molar refractivity (Wildman–Crippen MR) is 74.6 cm³/mol. The summed E-state index contributed by atoms with van der Waals surface area (Å²) in [5, 5.41) is 0. The van der Waals surface area contributed by atoms with Gasteiger partial charge in [-0.1, -0.05) is 6.07 Å². The highest BCUT2D eigenvalue weighted by molar-refractivity contribution is 5.57. The van der Waals surface area contributed by atoms with Crippen molar-refractivity contribution in [3.8, 4) is 5.69 Å². The van der Waals surface area contributed by atoms with Gasteiger partial charge in [0.05, 0.1) is 5.52 Å². The Kier molecular flexibility index (Phi) is 2.64. The van der Waals surface area contributed by atoms with Gasteiger partial charge in [-0.3, -0.25) is 19.1 Å². The SMILES string of the molecule is Cc1c(=O)c(-n2ccc(=O)[nH]c2=O)cn2ccccc12. The fourth-order valence-electron chi connectivity index (χ4n) is 2.16. The van der Waals surface area contributed by atoms with E-state index >= 15 is 0 Å². The molecule has 0 fully saturated rings. The molecule has 0 radical (unpaired) electrons. The molecule has 0 aliphatic rings. The monoisotopic (exact) mass is 269 g/mol. The van der Waals surface area contributed by atoms with E-state index in [0.717, 1.165) is 10.1 Å². The second-order valence-electron chi connectivity index (χ2n) is 4.44. The maximum atomic E-state index is 12.4. The molecule has 6 nitrogen and oxygen atoms in total. The summed E-state index contributed by atoms with van der Waals surface area (Å²) in [5.41, 5.74) is 0.145. The molecular weight excluding hydrogens is 258 g/mol. The van der Waals surface area contributed by atoms with E-state index in [1.807, 2.05) is 18.2 Å².